The average Bonchev–Trinajstić information content (AvgIpc) is 2.54. The molecule has 2 aromatic rings. The number of amides is 2. The fourth-order valence-corrected chi connectivity index (χ4v) is 2.85. The average molecular weight is 463 g/mol. The number of ether oxygens (including phenoxy) is 1. The van der Waals surface area contributed by atoms with E-state index in [1.54, 1.807) is 18.2 Å². The number of carbonyl (C=O) groups is 2. The summed E-state index contributed by atoms with van der Waals surface area (Å²) in [5.74, 6) is -1.07. The monoisotopic (exact) mass is 462 g/mol. The van der Waals surface area contributed by atoms with Gasteiger partial charge in [-0.05, 0) is 72.0 Å². The van der Waals surface area contributed by atoms with Crippen LogP contribution in [0.3, 0.4) is 0 Å². The SMILES string of the molecule is CC(Oc1ccc(F)cc1)C(=O)NNC(=O)c1ccc(Cl)cc1I. The van der Waals surface area contributed by atoms with Gasteiger partial charge in [-0.2, -0.15) is 0 Å². The summed E-state index contributed by atoms with van der Waals surface area (Å²) in [6.45, 7) is 1.51. The molecule has 8 heteroatoms. The third kappa shape index (κ3) is 5.07. The number of hydrazine groups is 1. The van der Waals surface area contributed by atoms with Crippen LogP contribution in [0.5, 0.6) is 5.75 Å². The van der Waals surface area contributed by atoms with E-state index in [4.69, 9.17) is 16.3 Å². The molecule has 24 heavy (non-hydrogen) atoms. The van der Waals surface area contributed by atoms with Gasteiger partial charge in [0.1, 0.15) is 11.6 Å². The van der Waals surface area contributed by atoms with Crippen LogP contribution in [0.15, 0.2) is 42.5 Å². The topological polar surface area (TPSA) is 67.4 Å². The molecule has 2 aromatic carbocycles. The summed E-state index contributed by atoms with van der Waals surface area (Å²) in [4.78, 5) is 24.0. The number of halogens is 3. The zero-order chi connectivity index (χ0) is 17.7. The van der Waals surface area contributed by atoms with E-state index in [-0.39, 0.29) is 0 Å². The number of nitrogens with one attached hydrogen (secondary N) is 2. The summed E-state index contributed by atoms with van der Waals surface area (Å²) in [5, 5.41) is 0.515. The maximum Gasteiger partial charge on any atom is 0.279 e. The molecule has 0 saturated heterocycles. The number of carbonyl (C=O) groups excluding carboxylic acids is 2. The second kappa shape index (κ2) is 8.29. The van der Waals surface area contributed by atoms with E-state index in [1.807, 2.05) is 22.6 Å². The van der Waals surface area contributed by atoms with E-state index in [9.17, 15) is 14.0 Å². The van der Waals surface area contributed by atoms with Crippen molar-refractivity contribution in [2.24, 2.45) is 0 Å². The van der Waals surface area contributed by atoms with Gasteiger partial charge in [-0.3, -0.25) is 20.4 Å². The van der Waals surface area contributed by atoms with Crippen molar-refractivity contribution in [3.05, 3.63) is 62.4 Å². The highest BCUT2D eigenvalue weighted by Gasteiger charge is 2.17. The Morgan fingerprint density at radius 2 is 1.83 bits per heavy atom. The standard InChI is InChI=1S/C16H13ClFIN2O3/c1-9(24-12-5-3-11(18)4-6-12)15(22)20-21-16(23)13-7-2-10(17)8-14(13)19/h2-9H,1H3,(H,20,22)(H,21,23). The van der Waals surface area contributed by atoms with Gasteiger partial charge in [-0.25, -0.2) is 4.39 Å². The first kappa shape index (κ1) is 18.5. The van der Waals surface area contributed by atoms with Crippen LogP contribution >= 0.6 is 34.2 Å². The molecule has 0 fully saturated rings. The van der Waals surface area contributed by atoms with Crippen LogP contribution in [-0.4, -0.2) is 17.9 Å². The van der Waals surface area contributed by atoms with Gasteiger partial charge in [-0.15, -0.1) is 0 Å². The molecule has 2 N–H and O–H groups in total. The summed E-state index contributed by atoms with van der Waals surface area (Å²) in [5.41, 5.74) is 4.97. The fraction of sp³-hybridized carbons (Fsp3) is 0.125. The minimum Gasteiger partial charge on any atom is -0.481 e. The zero-order valence-corrected chi connectivity index (χ0v) is 15.4. The fourth-order valence-electron chi connectivity index (χ4n) is 1.73. The predicted octanol–water partition coefficient (Wildman–Crippen LogP) is 3.31. The first-order chi connectivity index (χ1) is 11.4. The molecule has 1 unspecified atom stereocenters. The van der Waals surface area contributed by atoms with Crippen LogP contribution in [0.1, 0.15) is 17.3 Å². The molecule has 2 amide bonds. The Morgan fingerprint density at radius 1 is 1.17 bits per heavy atom. The highest BCUT2D eigenvalue weighted by Crippen LogP contribution is 2.17. The van der Waals surface area contributed by atoms with Crippen molar-refractivity contribution in [2.75, 3.05) is 0 Å². The molecule has 1 atom stereocenters. The van der Waals surface area contributed by atoms with Gasteiger partial charge >= 0.3 is 0 Å². The van der Waals surface area contributed by atoms with E-state index >= 15 is 0 Å². The van der Waals surface area contributed by atoms with Gasteiger partial charge in [0.05, 0.1) is 5.56 Å². The molecule has 5 nitrogen and oxygen atoms in total. The van der Waals surface area contributed by atoms with E-state index < -0.39 is 23.7 Å². The van der Waals surface area contributed by atoms with Crippen LogP contribution in [0, 0.1) is 9.39 Å². The molecular weight excluding hydrogens is 450 g/mol. The first-order valence-corrected chi connectivity index (χ1v) is 8.30. The molecule has 0 bridgehead atoms. The highest BCUT2D eigenvalue weighted by molar-refractivity contribution is 14.1. The highest BCUT2D eigenvalue weighted by atomic mass is 127. The van der Waals surface area contributed by atoms with Crippen molar-refractivity contribution in [1.29, 1.82) is 0 Å². The van der Waals surface area contributed by atoms with E-state index in [0.717, 1.165) is 0 Å². The summed E-state index contributed by atoms with van der Waals surface area (Å²) in [6, 6.07) is 10.1. The molecule has 0 aliphatic carbocycles. The molecule has 0 aliphatic heterocycles. The summed E-state index contributed by atoms with van der Waals surface area (Å²) in [7, 11) is 0. The Balaban J connectivity index is 1.89. The normalized spacial score (nSPS) is 11.5. The minimum atomic E-state index is -0.875. The number of rotatable bonds is 4. The number of hydrogen-bond donors (Lipinski definition) is 2. The van der Waals surface area contributed by atoms with Crippen LogP contribution in [-0.2, 0) is 4.79 Å². The predicted molar refractivity (Wildman–Crippen MR) is 96.3 cm³/mol. The summed E-state index contributed by atoms with van der Waals surface area (Å²) >= 11 is 7.81. The molecule has 126 valence electrons. The molecule has 0 heterocycles. The number of benzene rings is 2. The van der Waals surface area contributed by atoms with Gasteiger partial charge in [0, 0.05) is 8.59 Å². The van der Waals surface area contributed by atoms with Crippen molar-refractivity contribution in [3.63, 3.8) is 0 Å². The molecule has 2 rings (SSSR count). The lowest BCUT2D eigenvalue weighted by molar-refractivity contribution is -0.128. The van der Waals surface area contributed by atoms with Crippen molar-refractivity contribution in [2.45, 2.75) is 13.0 Å². The first-order valence-electron chi connectivity index (χ1n) is 6.84. The quantitative estimate of drug-likeness (QED) is 0.541. The van der Waals surface area contributed by atoms with Crippen LogP contribution in [0.25, 0.3) is 0 Å². The Hall–Kier alpha value is -1.87. The van der Waals surface area contributed by atoms with Crippen molar-refractivity contribution >= 4 is 46.0 Å². The van der Waals surface area contributed by atoms with Gasteiger partial charge < -0.3 is 4.74 Å². The van der Waals surface area contributed by atoms with Crippen LogP contribution < -0.4 is 15.6 Å². The smallest absolute Gasteiger partial charge is 0.279 e. The zero-order valence-electron chi connectivity index (χ0n) is 12.5. The van der Waals surface area contributed by atoms with E-state index in [2.05, 4.69) is 10.9 Å². The van der Waals surface area contributed by atoms with Crippen molar-refractivity contribution < 1.29 is 18.7 Å². The maximum absolute atomic E-state index is 12.8. The molecule has 0 aromatic heterocycles. The molecular formula is C16H13ClFIN2O3. The largest absolute Gasteiger partial charge is 0.481 e. The molecule has 0 spiro atoms. The molecule has 0 aliphatic rings. The Bertz CT molecular complexity index is 755. The Labute approximate surface area is 156 Å². The van der Waals surface area contributed by atoms with E-state index in [1.165, 1.54) is 31.2 Å². The van der Waals surface area contributed by atoms with E-state index in [0.29, 0.717) is 19.9 Å². The van der Waals surface area contributed by atoms with Crippen LogP contribution in [0.2, 0.25) is 5.02 Å². The maximum atomic E-state index is 12.8. The molecule has 0 radical (unpaired) electrons. The van der Waals surface area contributed by atoms with Gasteiger partial charge in [0.25, 0.3) is 11.8 Å². The Kier molecular flexibility index (Phi) is 6.38. The third-order valence-corrected chi connectivity index (χ3v) is 4.10. The second-order valence-electron chi connectivity index (χ2n) is 4.78. The van der Waals surface area contributed by atoms with Crippen LogP contribution in [0.4, 0.5) is 4.39 Å². The Morgan fingerprint density at radius 3 is 2.46 bits per heavy atom. The second-order valence-corrected chi connectivity index (χ2v) is 6.38. The lowest BCUT2D eigenvalue weighted by Gasteiger charge is -2.15. The lowest BCUT2D eigenvalue weighted by atomic mass is 10.2. The molecule has 0 saturated carbocycles. The van der Waals surface area contributed by atoms with Crippen molar-refractivity contribution in [3.8, 4) is 5.75 Å². The minimum absolute atomic E-state index is 0.345. The van der Waals surface area contributed by atoms with Gasteiger partial charge in [-0.1, -0.05) is 11.6 Å². The van der Waals surface area contributed by atoms with Crippen molar-refractivity contribution in [1.82, 2.24) is 10.9 Å². The lowest BCUT2D eigenvalue weighted by Crippen LogP contribution is -2.47. The summed E-state index contributed by atoms with van der Waals surface area (Å²) < 4.78 is 18.8. The van der Waals surface area contributed by atoms with Gasteiger partial charge in [0.15, 0.2) is 6.10 Å². The van der Waals surface area contributed by atoms with Gasteiger partial charge in [0.2, 0.25) is 0 Å². The third-order valence-electron chi connectivity index (χ3n) is 2.97. The summed E-state index contributed by atoms with van der Waals surface area (Å²) in [6.07, 6.45) is -0.875. The number of hydrogen-bond acceptors (Lipinski definition) is 3.